The molecule has 1 aliphatic heterocycles. The number of allylic oxidation sites excluding steroid dienone is 4. The van der Waals surface area contributed by atoms with Gasteiger partial charge in [0.1, 0.15) is 5.60 Å². The number of carbonyl (C=O) groups excluding carboxylic acids is 1. The summed E-state index contributed by atoms with van der Waals surface area (Å²) in [5.74, 6) is 0. The van der Waals surface area contributed by atoms with Crippen molar-refractivity contribution in [3.8, 4) is 0 Å². The molecule has 2 heterocycles. The van der Waals surface area contributed by atoms with E-state index in [-0.39, 0.29) is 12.1 Å². The maximum atomic E-state index is 12.6. The van der Waals surface area contributed by atoms with E-state index in [0.717, 1.165) is 47.6 Å². The first-order valence-corrected chi connectivity index (χ1v) is 11.3. The zero-order valence-corrected chi connectivity index (χ0v) is 20.7. The number of nitrogens with zero attached hydrogens (tertiary/aromatic N) is 4. The predicted molar refractivity (Wildman–Crippen MR) is 132 cm³/mol. The van der Waals surface area contributed by atoms with Gasteiger partial charge in [0, 0.05) is 61.3 Å². The third-order valence-electron chi connectivity index (χ3n) is 5.51. The average molecular weight is 439 g/mol. The Morgan fingerprint density at radius 1 is 1.31 bits per heavy atom. The Morgan fingerprint density at radius 3 is 2.47 bits per heavy atom. The Morgan fingerprint density at radius 2 is 1.97 bits per heavy atom. The van der Waals surface area contributed by atoms with E-state index < -0.39 is 5.60 Å². The number of aliphatic imine (C=N–C) groups is 1. The van der Waals surface area contributed by atoms with Crippen LogP contribution >= 0.6 is 0 Å². The first-order valence-electron chi connectivity index (χ1n) is 11.3. The quantitative estimate of drug-likeness (QED) is 0.423. The molecule has 1 aliphatic rings. The first-order chi connectivity index (χ1) is 15.1. The average Bonchev–Trinajstić information content (AvgIpc) is 2.75. The summed E-state index contributed by atoms with van der Waals surface area (Å²) in [5, 5.41) is 0. The maximum absolute atomic E-state index is 12.6. The minimum atomic E-state index is -0.501. The van der Waals surface area contributed by atoms with Crippen LogP contribution in [0.1, 0.15) is 60.5 Å². The number of ether oxygens (including phenoxy) is 1. The van der Waals surface area contributed by atoms with Crippen LogP contribution in [0.2, 0.25) is 0 Å². The van der Waals surface area contributed by atoms with Gasteiger partial charge in [-0.25, -0.2) is 4.79 Å². The topological polar surface area (TPSA) is 58.0 Å². The van der Waals surface area contributed by atoms with E-state index >= 15 is 0 Å². The lowest BCUT2D eigenvalue weighted by Crippen LogP contribution is -2.54. The summed E-state index contributed by atoms with van der Waals surface area (Å²) < 4.78 is 5.60. The molecule has 1 aromatic rings. The molecule has 0 unspecified atom stereocenters. The maximum Gasteiger partial charge on any atom is 0.410 e. The van der Waals surface area contributed by atoms with Gasteiger partial charge in [0.15, 0.2) is 0 Å². The summed E-state index contributed by atoms with van der Waals surface area (Å²) in [5.41, 5.74) is 4.97. The van der Waals surface area contributed by atoms with E-state index in [4.69, 9.17) is 4.74 Å². The molecule has 0 aromatic carbocycles. The predicted octanol–water partition coefficient (Wildman–Crippen LogP) is 5.69. The molecule has 2 rings (SSSR count). The summed E-state index contributed by atoms with van der Waals surface area (Å²) in [6, 6.07) is 4.07. The van der Waals surface area contributed by atoms with E-state index in [1.165, 1.54) is 0 Å². The Bertz CT molecular complexity index is 894. The molecular weight excluding hydrogens is 400 g/mol. The largest absolute Gasteiger partial charge is 0.444 e. The molecule has 0 saturated carbocycles. The molecule has 1 amide bonds. The number of carbonyl (C=O) groups is 1. The second-order valence-electron chi connectivity index (χ2n) is 8.98. The van der Waals surface area contributed by atoms with E-state index in [2.05, 4.69) is 48.3 Å². The van der Waals surface area contributed by atoms with E-state index in [1.54, 1.807) is 6.20 Å². The van der Waals surface area contributed by atoms with Crippen molar-refractivity contribution in [3.63, 3.8) is 0 Å². The molecule has 32 heavy (non-hydrogen) atoms. The van der Waals surface area contributed by atoms with Gasteiger partial charge in [-0.05, 0) is 71.2 Å². The molecule has 0 radical (unpaired) electrons. The number of amides is 1. The molecular formula is C26H38N4O2. The molecule has 6 heteroatoms. The molecule has 0 N–H and O–H groups in total. The third kappa shape index (κ3) is 6.31. The highest BCUT2D eigenvalue weighted by Crippen LogP contribution is 2.30. The lowest BCUT2D eigenvalue weighted by atomic mass is 9.91. The zero-order chi connectivity index (χ0) is 23.9. The van der Waals surface area contributed by atoms with E-state index in [1.807, 2.05) is 57.1 Å². The molecule has 0 spiro atoms. The molecule has 1 aromatic heterocycles. The number of aromatic nitrogens is 1. The Kier molecular flexibility index (Phi) is 8.81. The fourth-order valence-corrected chi connectivity index (χ4v) is 4.00. The molecule has 1 atom stereocenters. The SMILES string of the molecule is C=CN=C(CC)C(/C(=C\C)c1ccncc1)=C(\C)N1CCN(C(=O)OC(C)(C)C)[C@H](C)C1. The highest BCUT2D eigenvalue weighted by atomic mass is 16.6. The molecule has 0 bridgehead atoms. The second kappa shape index (κ2) is 11.1. The van der Waals surface area contributed by atoms with Gasteiger partial charge >= 0.3 is 6.09 Å². The van der Waals surface area contributed by atoms with Crippen molar-refractivity contribution in [3.05, 3.63) is 60.2 Å². The number of rotatable bonds is 6. The number of pyridine rings is 1. The summed E-state index contributed by atoms with van der Waals surface area (Å²) in [6.45, 7) is 20.0. The van der Waals surface area contributed by atoms with Gasteiger partial charge in [-0.3, -0.25) is 9.98 Å². The summed E-state index contributed by atoms with van der Waals surface area (Å²) in [4.78, 5) is 25.6. The van der Waals surface area contributed by atoms with Gasteiger partial charge in [-0.1, -0.05) is 19.6 Å². The Hall–Kier alpha value is -2.89. The van der Waals surface area contributed by atoms with Crippen molar-refractivity contribution in [2.75, 3.05) is 19.6 Å². The Labute approximate surface area is 193 Å². The molecule has 6 nitrogen and oxygen atoms in total. The van der Waals surface area contributed by atoms with Crippen molar-refractivity contribution in [1.82, 2.24) is 14.8 Å². The van der Waals surface area contributed by atoms with Crippen LogP contribution < -0.4 is 0 Å². The van der Waals surface area contributed by atoms with Crippen LogP contribution in [0.5, 0.6) is 0 Å². The van der Waals surface area contributed by atoms with Crippen molar-refractivity contribution in [2.24, 2.45) is 4.99 Å². The smallest absolute Gasteiger partial charge is 0.410 e. The van der Waals surface area contributed by atoms with Gasteiger partial charge in [-0.15, -0.1) is 0 Å². The van der Waals surface area contributed by atoms with Crippen molar-refractivity contribution in [1.29, 1.82) is 0 Å². The molecule has 1 saturated heterocycles. The van der Waals surface area contributed by atoms with Gasteiger partial charge in [-0.2, -0.15) is 0 Å². The normalized spacial score (nSPS) is 18.9. The number of hydrogen-bond donors (Lipinski definition) is 0. The van der Waals surface area contributed by atoms with E-state index in [9.17, 15) is 4.79 Å². The van der Waals surface area contributed by atoms with Crippen molar-refractivity contribution >= 4 is 17.4 Å². The zero-order valence-electron chi connectivity index (χ0n) is 20.7. The lowest BCUT2D eigenvalue weighted by molar-refractivity contribution is 0.00496. The summed E-state index contributed by atoms with van der Waals surface area (Å²) >= 11 is 0. The summed E-state index contributed by atoms with van der Waals surface area (Å²) in [6.07, 6.45) is 7.89. The molecule has 174 valence electrons. The van der Waals surface area contributed by atoms with Crippen LogP contribution in [0, 0.1) is 0 Å². The molecule has 0 aliphatic carbocycles. The second-order valence-corrected chi connectivity index (χ2v) is 8.98. The first kappa shape index (κ1) is 25.4. The monoisotopic (exact) mass is 438 g/mol. The highest BCUT2D eigenvalue weighted by molar-refractivity contribution is 6.13. The summed E-state index contributed by atoms with van der Waals surface area (Å²) in [7, 11) is 0. The van der Waals surface area contributed by atoms with Crippen molar-refractivity contribution < 1.29 is 9.53 Å². The van der Waals surface area contributed by atoms with Crippen LogP contribution in [0.4, 0.5) is 4.79 Å². The van der Waals surface area contributed by atoms with Crippen LogP contribution in [0.25, 0.3) is 5.57 Å². The van der Waals surface area contributed by atoms with Crippen LogP contribution in [-0.2, 0) is 4.74 Å². The number of piperazine rings is 1. The van der Waals surface area contributed by atoms with Crippen molar-refractivity contribution in [2.45, 2.75) is 66.5 Å². The minimum Gasteiger partial charge on any atom is -0.444 e. The van der Waals surface area contributed by atoms with Gasteiger partial charge in [0.2, 0.25) is 0 Å². The highest BCUT2D eigenvalue weighted by Gasteiger charge is 2.32. The van der Waals surface area contributed by atoms with Crippen LogP contribution in [0.3, 0.4) is 0 Å². The van der Waals surface area contributed by atoms with Gasteiger partial charge < -0.3 is 14.5 Å². The van der Waals surface area contributed by atoms with Crippen LogP contribution in [-0.4, -0.2) is 57.9 Å². The third-order valence-corrected chi connectivity index (χ3v) is 5.51. The van der Waals surface area contributed by atoms with E-state index in [0.29, 0.717) is 6.54 Å². The Balaban J connectivity index is 2.42. The fourth-order valence-electron chi connectivity index (χ4n) is 4.00. The van der Waals surface area contributed by atoms with Crippen LogP contribution in [0.15, 0.2) is 59.6 Å². The van der Waals surface area contributed by atoms with Gasteiger partial charge in [0.25, 0.3) is 0 Å². The van der Waals surface area contributed by atoms with Gasteiger partial charge in [0.05, 0.1) is 0 Å². The fraction of sp³-hybridized carbons (Fsp3) is 0.500. The lowest BCUT2D eigenvalue weighted by Gasteiger charge is -2.42. The molecule has 1 fully saturated rings. The minimum absolute atomic E-state index is 0.0335. The number of hydrogen-bond acceptors (Lipinski definition) is 5. The standard InChI is InChI=1S/C26H38N4O2/c1-9-22(21-12-14-27-15-13-21)24(23(10-2)28-11-3)20(5)29-16-17-30(19(4)18-29)25(31)32-26(6,7)8/h9,11-15,19H,3,10,16-18H2,1-2,4-8H3/b22-9-,24-20+,28-23?/t19-/m1/s1.